The van der Waals surface area contributed by atoms with Gasteiger partial charge in [0.25, 0.3) is 5.91 Å². The van der Waals surface area contributed by atoms with Gasteiger partial charge in [-0.05, 0) is 104 Å². The molecule has 2 saturated heterocycles. The molecule has 2 aliphatic rings. The molecule has 7 heteroatoms. The third-order valence-corrected chi connectivity index (χ3v) is 7.48. The third-order valence-electron chi connectivity index (χ3n) is 6.47. The van der Waals surface area contributed by atoms with E-state index in [0.717, 1.165) is 29.9 Å². The Morgan fingerprint density at radius 2 is 1.76 bits per heavy atom. The molecule has 5 rings (SSSR count). The smallest absolute Gasteiger partial charge is 0.266 e. The van der Waals surface area contributed by atoms with Gasteiger partial charge >= 0.3 is 0 Å². The largest absolute Gasteiger partial charge is 0.489 e. The molecule has 5 nitrogen and oxygen atoms in total. The van der Waals surface area contributed by atoms with Crippen LogP contribution in [0.2, 0.25) is 0 Å². The number of carbonyl (C=O) groups is 1. The zero-order valence-corrected chi connectivity index (χ0v) is 21.7. The normalized spacial score (nSPS) is 18.2. The fraction of sp³-hybridized carbons (Fsp3) is 0.267. The maximum Gasteiger partial charge on any atom is 0.266 e. The van der Waals surface area contributed by atoms with E-state index >= 15 is 0 Å². The molecular weight excluding hydrogens is 485 g/mol. The van der Waals surface area contributed by atoms with E-state index in [4.69, 9.17) is 9.73 Å². The lowest BCUT2D eigenvalue weighted by molar-refractivity contribution is -0.122. The summed E-state index contributed by atoms with van der Waals surface area (Å²) in [7, 11) is 0. The van der Waals surface area contributed by atoms with Gasteiger partial charge in [0, 0.05) is 25.3 Å². The summed E-state index contributed by atoms with van der Waals surface area (Å²) in [5, 5.41) is 0.688. The highest BCUT2D eigenvalue weighted by atomic mass is 32.2. The zero-order valence-electron chi connectivity index (χ0n) is 20.9. The summed E-state index contributed by atoms with van der Waals surface area (Å²) in [5.74, 6) is 0.368. The van der Waals surface area contributed by atoms with Crippen molar-refractivity contribution in [3.05, 3.63) is 94.6 Å². The van der Waals surface area contributed by atoms with Crippen molar-refractivity contribution >= 4 is 40.3 Å². The molecule has 2 fully saturated rings. The Kier molecular flexibility index (Phi) is 7.90. The molecule has 0 saturated carbocycles. The number of anilines is 1. The number of amides is 1. The number of carbonyl (C=O) groups excluding carboxylic acids is 1. The molecule has 37 heavy (non-hydrogen) atoms. The maximum absolute atomic E-state index is 13.1. The predicted octanol–water partition coefficient (Wildman–Crippen LogP) is 7.02. The van der Waals surface area contributed by atoms with Crippen LogP contribution in [0.5, 0.6) is 5.75 Å². The highest BCUT2D eigenvalue weighted by Gasteiger charge is 2.32. The first-order valence-corrected chi connectivity index (χ1v) is 13.5. The van der Waals surface area contributed by atoms with Crippen molar-refractivity contribution in [1.29, 1.82) is 0 Å². The Hall–Kier alpha value is -3.58. The average molecular weight is 516 g/mol. The second-order valence-electron chi connectivity index (χ2n) is 9.11. The highest BCUT2D eigenvalue weighted by Crippen LogP contribution is 2.35. The summed E-state index contributed by atoms with van der Waals surface area (Å²) in [6.45, 7) is 5.06. The summed E-state index contributed by atoms with van der Waals surface area (Å²) in [5.41, 5.74) is 3.82. The lowest BCUT2D eigenvalue weighted by Crippen LogP contribution is -2.29. The molecule has 0 bridgehead atoms. The number of amidine groups is 1. The van der Waals surface area contributed by atoms with E-state index in [1.807, 2.05) is 49.4 Å². The number of nitrogens with zero attached hydrogens (tertiary/aromatic N) is 3. The number of halogens is 1. The Bertz CT molecular complexity index is 1300. The van der Waals surface area contributed by atoms with Crippen LogP contribution in [-0.2, 0) is 11.4 Å². The van der Waals surface area contributed by atoms with Crippen molar-refractivity contribution in [2.24, 2.45) is 4.99 Å². The minimum Gasteiger partial charge on any atom is -0.489 e. The van der Waals surface area contributed by atoms with Crippen molar-refractivity contribution < 1.29 is 13.9 Å². The second-order valence-corrected chi connectivity index (χ2v) is 10.1. The number of likely N-dealkylation sites (N-methyl/N-ethyl adjacent to an activating group) is 1. The minimum atomic E-state index is -0.269. The summed E-state index contributed by atoms with van der Waals surface area (Å²) in [4.78, 5) is 22.7. The number of thioether (sulfide) groups is 1. The molecule has 0 unspecified atom stereocenters. The van der Waals surface area contributed by atoms with Gasteiger partial charge < -0.3 is 9.64 Å². The van der Waals surface area contributed by atoms with Gasteiger partial charge in [0.1, 0.15) is 18.2 Å². The summed E-state index contributed by atoms with van der Waals surface area (Å²) in [6, 6.07) is 22.2. The van der Waals surface area contributed by atoms with Crippen LogP contribution in [0, 0.1) is 5.82 Å². The quantitative estimate of drug-likeness (QED) is 0.317. The number of aliphatic imine (C=N–C) groups is 1. The zero-order chi connectivity index (χ0) is 25.6. The Morgan fingerprint density at radius 3 is 2.49 bits per heavy atom. The molecule has 2 aliphatic heterocycles. The topological polar surface area (TPSA) is 45.1 Å². The van der Waals surface area contributed by atoms with Gasteiger partial charge in [-0.25, -0.2) is 9.38 Å². The fourth-order valence-corrected chi connectivity index (χ4v) is 5.53. The molecule has 0 N–H and O–H groups in total. The van der Waals surface area contributed by atoms with Crippen molar-refractivity contribution in [3.8, 4) is 5.75 Å². The van der Waals surface area contributed by atoms with E-state index in [-0.39, 0.29) is 11.7 Å². The lowest BCUT2D eigenvalue weighted by atomic mass is 10.1. The van der Waals surface area contributed by atoms with Crippen LogP contribution in [0.3, 0.4) is 0 Å². The molecular formula is C30H30FN3O2S. The lowest BCUT2D eigenvalue weighted by Gasteiger charge is -2.28. The first-order chi connectivity index (χ1) is 18.1. The molecule has 0 aliphatic carbocycles. The van der Waals surface area contributed by atoms with Gasteiger partial charge in [0.15, 0.2) is 5.17 Å². The second kappa shape index (κ2) is 11.6. The number of rotatable bonds is 7. The van der Waals surface area contributed by atoms with Crippen LogP contribution >= 0.6 is 11.8 Å². The summed E-state index contributed by atoms with van der Waals surface area (Å²) >= 11 is 1.39. The van der Waals surface area contributed by atoms with Crippen LogP contribution in [0.25, 0.3) is 6.08 Å². The number of ether oxygens (including phenoxy) is 1. The van der Waals surface area contributed by atoms with Crippen LogP contribution in [0.1, 0.15) is 37.3 Å². The molecule has 0 atom stereocenters. The van der Waals surface area contributed by atoms with Crippen molar-refractivity contribution in [3.63, 3.8) is 0 Å². The Balaban J connectivity index is 1.29. The van der Waals surface area contributed by atoms with E-state index in [9.17, 15) is 9.18 Å². The molecule has 0 radical (unpaired) electrons. The van der Waals surface area contributed by atoms with Gasteiger partial charge in [-0.15, -0.1) is 0 Å². The SMILES string of the molecule is CCN1C(=O)/C(=C/c2cccc(OCc3ccc(F)cc3)c2)SC1=Nc1ccc(N2CCCCC2)cc1. The van der Waals surface area contributed by atoms with Gasteiger partial charge in [0.2, 0.25) is 0 Å². The molecule has 0 aromatic heterocycles. The molecule has 0 spiro atoms. The molecule has 3 aromatic rings. The standard InChI is InChI=1S/C30H30FN3O2S/c1-2-34-29(35)28(20-23-7-6-8-27(19-23)36-21-22-9-11-24(31)12-10-22)37-30(34)32-25-13-15-26(16-14-25)33-17-4-3-5-18-33/h6-16,19-20H,2-5,17-18,21H2,1H3/b28-20-,32-30?. The van der Waals surface area contributed by atoms with Crippen LogP contribution in [0.4, 0.5) is 15.8 Å². The van der Waals surface area contributed by atoms with Crippen molar-refractivity contribution in [1.82, 2.24) is 4.90 Å². The Morgan fingerprint density at radius 1 is 1.00 bits per heavy atom. The van der Waals surface area contributed by atoms with Gasteiger partial charge in [0.05, 0.1) is 10.6 Å². The molecule has 190 valence electrons. The van der Waals surface area contributed by atoms with Crippen LogP contribution < -0.4 is 9.64 Å². The van der Waals surface area contributed by atoms with Crippen LogP contribution in [-0.4, -0.2) is 35.6 Å². The maximum atomic E-state index is 13.1. The summed E-state index contributed by atoms with van der Waals surface area (Å²) in [6.07, 6.45) is 5.67. The molecule has 3 aromatic carbocycles. The monoisotopic (exact) mass is 515 g/mol. The van der Waals surface area contributed by atoms with Gasteiger partial charge in [-0.1, -0.05) is 24.3 Å². The average Bonchev–Trinajstić information content (AvgIpc) is 3.22. The van der Waals surface area contributed by atoms with E-state index < -0.39 is 0 Å². The van der Waals surface area contributed by atoms with Crippen LogP contribution in [0.15, 0.2) is 82.7 Å². The first kappa shape index (κ1) is 25.1. The van der Waals surface area contributed by atoms with Crippen molar-refractivity contribution in [2.45, 2.75) is 32.8 Å². The first-order valence-electron chi connectivity index (χ1n) is 12.7. The number of piperidine rings is 1. The predicted molar refractivity (Wildman–Crippen MR) is 150 cm³/mol. The van der Waals surface area contributed by atoms with Crippen molar-refractivity contribution in [2.75, 3.05) is 24.5 Å². The number of hydrogen-bond donors (Lipinski definition) is 0. The van der Waals surface area contributed by atoms with E-state index in [1.165, 1.54) is 48.8 Å². The molecule has 2 heterocycles. The van der Waals surface area contributed by atoms with E-state index in [2.05, 4.69) is 17.0 Å². The number of hydrogen-bond acceptors (Lipinski definition) is 5. The fourth-order valence-electron chi connectivity index (χ4n) is 4.46. The highest BCUT2D eigenvalue weighted by molar-refractivity contribution is 8.18. The third kappa shape index (κ3) is 6.23. The van der Waals surface area contributed by atoms with Gasteiger partial charge in [-0.3, -0.25) is 9.69 Å². The minimum absolute atomic E-state index is 0.0474. The molecule has 1 amide bonds. The number of benzene rings is 3. The summed E-state index contributed by atoms with van der Waals surface area (Å²) < 4.78 is 19.0. The Labute approximate surface area is 221 Å². The van der Waals surface area contributed by atoms with E-state index in [0.29, 0.717) is 29.0 Å². The van der Waals surface area contributed by atoms with Gasteiger partial charge in [-0.2, -0.15) is 0 Å². The van der Waals surface area contributed by atoms with E-state index in [1.54, 1.807) is 17.0 Å².